The molecule has 0 unspecified atom stereocenters. The Morgan fingerprint density at radius 1 is 1.12 bits per heavy atom. The summed E-state index contributed by atoms with van der Waals surface area (Å²) in [5.41, 5.74) is 0.789. The highest BCUT2D eigenvalue weighted by Gasteiger charge is 2.22. The summed E-state index contributed by atoms with van der Waals surface area (Å²) in [5, 5.41) is 4.56. The van der Waals surface area contributed by atoms with Crippen molar-refractivity contribution in [1.29, 1.82) is 0 Å². The number of sulfonamides is 1. The number of anilines is 1. The topological polar surface area (TPSA) is 99.0 Å². The Labute approximate surface area is 199 Å². The number of rotatable bonds is 6. The summed E-state index contributed by atoms with van der Waals surface area (Å²) < 4.78 is 53.1. The monoisotopic (exact) mass is 507 g/mol. The Hall–Kier alpha value is -3.02. The first-order valence-electron chi connectivity index (χ1n) is 9.66. The highest BCUT2D eigenvalue weighted by atomic mass is 35.5. The van der Waals surface area contributed by atoms with Gasteiger partial charge in [0.05, 0.1) is 21.2 Å². The van der Waals surface area contributed by atoms with Crippen molar-refractivity contribution in [2.75, 3.05) is 4.72 Å². The fourth-order valence-electron chi connectivity index (χ4n) is 3.08. The first-order valence-corrected chi connectivity index (χ1v) is 12.3. The van der Waals surface area contributed by atoms with Gasteiger partial charge < -0.3 is 4.74 Å². The second-order valence-corrected chi connectivity index (χ2v) is 10.9. The summed E-state index contributed by atoms with van der Waals surface area (Å²) in [5.74, 6) is 0.113. The third kappa shape index (κ3) is 5.00. The maximum Gasteiger partial charge on any atom is 0.263 e. The first kappa shape index (κ1) is 23.1. The van der Waals surface area contributed by atoms with E-state index in [2.05, 4.69) is 19.2 Å². The van der Waals surface area contributed by atoms with Crippen LogP contribution in [0.5, 0.6) is 11.5 Å². The third-order valence-electron chi connectivity index (χ3n) is 4.51. The molecule has 2 aromatic carbocycles. The minimum atomic E-state index is -3.91. The minimum Gasteiger partial charge on any atom is -0.455 e. The Bertz CT molecular complexity index is 1400. The summed E-state index contributed by atoms with van der Waals surface area (Å²) >= 11 is 7.26. The second kappa shape index (κ2) is 8.73. The summed E-state index contributed by atoms with van der Waals surface area (Å²) in [6.45, 7) is 5.94. The normalized spacial score (nSPS) is 12.0. The molecule has 172 valence electrons. The van der Waals surface area contributed by atoms with Crippen LogP contribution in [0.2, 0.25) is 5.02 Å². The van der Waals surface area contributed by atoms with E-state index in [1.807, 2.05) is 20.8 Å². The number of benzene rings is 2. The molecule has 0 aliphatic rings. The summed E-state index contributed by atoms with van der Waals surface area (Å²) in [6, 6.07) is 9.94. The van der Waals surface area contributed by atoms with Gasteiger partial charge >= 0.3 is 0 Å². The lowest BCUT2D eigenvalue weighted by molar-refractivity contribution is 0.359. The Kier molecular flexibility index (Phi) is 6.12. The van der Waals surface area contributed by atoms with E-state index in [4.69, 9.17) is 16.3 Å². The van der Waals surface area contributed by atoms with Gasteiger partial charge in [-0.3, -0.25) is 9.40 Å². The average molecular weight is 508 g/mol. The summed E-state index contributed by atoms with van der Waals surface area (Å²) in [4.78, 5) is 3.74. The van der Waals surface area contributed by atoms with Gasteiger partial charge in [0.15, 0.2) is 0 Å². The van der Waals surface area contributed by atoms with Gasteiger partial charge in [-0.2, -0.15) is 9.47 Å². The molecule has 0 amide bonds. The number of aromatic nitrogens is 4. The molecule has 0 saturated heterocycles. The van der Waals surface area contributed by atoms with Crippen LogP contribution >= 0.6 is 23.1 Å². The maximum atomic E-state index is 14.1. The maximum absolute atomic E-state index is 14.1. The molecular weight excluding hydrogens is 489 g/mol. The van der Waals surface area contributed by atoms with E-state index in [1.54, 1.807) is 16.9 Å². The van der Waals surface area contributed by atoms with Crippen LogP contribution in [0.15, 0.2) is 59.9 Å². The number of ether oxygens (including phenoxy) is 1. The lowest BCUT2D eigenvalue weighted by Gasteiger charge is -2.23. The molecule has 2 aromatic heterocycles. The van der Waals surface area contributed by atoms with Gasteiger partial charge in [-0.05, 0) is 63.2 Å². The molecule has 0 saturated carbocycles. The Morgan fingerprint density at radius 3 is 2.55 bits per heavy atom. The van der Waals surface area contributed by atoms with Gasteiger partial charge in [-0.25, -0.2) is 17.8 Å². The quantitative estimate of drug-likeness (QED) is 0.367. The molecule has 0 atom stereocenters. The molecule has 0 spiro atoms. The lowest BCUT2D eigenvalue weighted by atomic mass is 10.1. The van der Waals surface area contributed by atoms with Crippen molar-refractivity contribution in [3.05, 3.63) is 65.8 Å². The van der Waals surface area contributed by atoms with Crippen molar-refractivity contribution >= 4 is 38.3 Å². The van der Waals surface area contributed by atoms with Crippen molar-refractivity contribution in [3.63, 3.8) is 0 Å². The largest absolute Gasteiger partial charge is 0.455 e. The molecule has 12 heteroatoms. The zero-order valence-corrected chi connectivity index (χ0v) is 20.2. The molecule has 4 rings (SSSR count). The fourth-order valence-corrected chi connectivity index (χ4v) is 5.05. The predicted octanol–water partition coefficient (Wildman–Crippen LogP) is 5.54. The molecule has 0 radical (unpaired) electrons. The molecule has 0 fully saturated rings. The highest BCUT2D eigenvalue weighted by molar-refractivity contribution is 7.93. The van der Waals surface area contributed by atoms with E-state index in [0.717, 1.165) is 11.5 Å². The zero-order chi connectivity index (χ0) is 23.8. The van der Waals surface area contributed by atoms with Crippen molar-refractivity contribution in [2.45, 2.75) is 31.2 Å². The first-order chi connectivity index (χ1) is 15.5. The van der Waals surface area contributed by atoms with Gasteiger partial charge in [-0.15, -0.1) is 0 Å². The Balaban J connectivity index is 1.68. The van der Waals surface area contributed by atoms with Crippen LogP contribution in [0.1, 0.15) is 20.8 Å². The lowest BCUT2D eigenvalue weighted by Crippen LogP contribution is -2.24. The molecule has 8 nitrogen and oxygen atoms in total. The zero-order valence-electron chi connectivity index (χ0n) is 17.8. The molecule has 0 aliphatic heterocycles. The van der Waals surface area contributed by atoms with E-state index in [0.29, 0.717) is 17.0 Å². The van der Waals surface area contributed by atoms with Crippen LogP contribution in [-0.2, 0) is 15.6 Å². The molecule has 0 aliphatic carbocycles. The predicted molar refractivity (Wildman–Crippen MR) is 125 cm³/mol. The van der Waals surface area contributed by atoms with Crippen molar-refractivity contribution in [3.8, 4) is 22.8 Å². The van der Waals surface area contributed by atoms with Crippen LogP contribution in [-0.4, -0.2) is 27.6 Å². The summed E-state index contributed by atoms with van der Waals surface area (Å²) in [6.07, 6.45) is 2.88. The number of nitrogens with zero attached hydrogens (tertiary/aromatic N) is 4. The van der Waals surface area contributed by atoms with Gasteiger partial charge in [0.2, 0.25) is 5.13 Å². The number of hydrogen-bond donors (Lipinski definition) is 1. The van der Waals surface area contributed by atoms with Crippen LogP contribution in [0.25, 0.3) is 11.3 Å². The minimum absolute atomic E-state index is 0.0646. The van der Waals surface area contributed by atoms with E-state index < -0.39 is 15.8 Å². The van der Waals surface area contributed by atoms with Crippen LogP contribution in [0.3, 0.4) is 0 Å². The molecule has 1 N–H and O–H groups in total. The number of hydrogen-bond acceptors (Lipinski definition) is 7. The van der Waals surface area contributed by atoms with Crippen LogP contribution in [0, 0.1) is 5.82 Å². The van der Waals surface area contributed by atoms with Gasteiger partial charge in [0, 0.05) is 23.3 Å². The summed E-state index contributed by atoms with van der Waals surface area (Å²) in [7, 11) is -3.91. The van der Waals surface area contributed by atoms with Crippen LogP contribution < -0.4 is 9.46 Å². The van der Waals surface area contributed by atoms with Crippen molar-refractivity contribution in [1.82, 2.24) is 19.1 Å². The van der Waals surface area contributed by atoms with Crippen molar-refractivity contribution < 1.29 is 17.5 Å². The molecule has 2 heterocycles. The molecule has 33 heavy (non-hydrogen) atoms. The van der Waals surface area contributed by atoms with E-state index in [1.165, 1.54) is 42.7 Å². The van der Waals surface area contributed by atoms with E-state index >= 15 is 0 Å². The average Bonchev–Trinajstić information content (AvgIpc) is 3.42. The standard InChI is InChI=1S/C21H19ClFN5O3S2/c1-21(2,3)28-17(8-9-25-28)15-10-13(23)4-6-18(15)31-19-7-5-14(11-16(19)22)33(29,30)27-20-24-12-26-32-20/h4-12H,1-3H3,(H,24,26,27). The van der Waals surface area contributed by atoms with Crippen molar-refractivity contribution in [2.24, 2.45) is 0 Å². The second-order valence-electron chi connectivity index (χ2n) is 7.99. The smallest absolute Gasteiger partial charge is 0.263 e. The molecular formula is C21H19ClFN5O3S2. The molecule has 0 bridgehead atoms. The third-order valence-corrected chi connectivity index (χ3v) is 6.85. The van der Waals surface area contributed by atoms with E-state index in [-0.39, 0.29) is 26.3 Å². The van der Waals surface area contributed by atoms with Gasteiger partial charge in [0.1, 0.15) is 23.6 Å². The molecule has 4 aromatic rings. The number of halogens is 2. The number of nitrogens with one attached hydrogen (secondary N) is 1. The van der Waals surface area contributed by atoms with Gasteiger partial charge in [-0.1, -0.05) is 11.6 Å². The highest BCUT2D eigenvalue weighted by Crippen LogP contribution is 2.38. The SMILES string of the molecule is CC(C)(C)n1nccc1-c1cc(F)ccc1Oc1ccc(S(=O)(=O)Nc2ncns2)cc1Cl. The van der Waals surface area contributed by atoms with Gasteiger partial charge in [0.25, 0.3) is 10.0 Å². The van der Waals surface area contributed by atoms with E-state index in [9.17, 15) is 12.8 Å². The Morgan fingerprint density at radius 2 is 1.88 bits per heavy atom. The van der Waals surface area contributed by atoms with Crippen LogP contribution in [0.4, 0.5) is 9.52 Å². The fraction of sp³-hybridized carbons (Fsp3) is 0.190.